The number of hydrogen-bond donors (Lipinski definition) is 2. The van der Waals surface area contributed by atoms with Crippen molar-refractivity contribution in [1.82, 2.24) is 5.32 Å². The zero-order valence-corrected chi connectivity index (χ0v) is 11.1. The van der Waals surface area contributed by atoms with Crippen LogP contribution in [0.15, 0.2) is 22.8 Å². The van der Waals surface area contributed by atoms with Gasteiger partial charge in [0.05, 0.1) is 25.6 Å². The lowest BCUT2D eigenvalue weighted by molar-refractivity contribution is 0.0200. The van der Waals surface area contributed by atoms with E-state index in [9.17, 15) is 5.11 Å². The van der Waals surface area contributed by atoms with E-state index in [1.165, 1.54) is 0 Å². The first-order chi connectivity index (χ1) is 8.76. The standard InChI is InChI=1S/C13H23NO4/c1-3-11(8-16-2)14-7-12(15)9-17-10-13-5-4-6-18-13/h4-6,11-12,14-15H,3,7-10H2,1-2H3. The topological polar surface area (TPSA) is 63.9 Å². The Morgan fingerprint density at radius 2 is 2.28 bits per heavy atom. The number of ether oxygens (including phenoxy) is 2. The molecule has 0 saturated carbocycles. The number of aliphatic hydroxyl groups excluding tert-OH is 1. The second kappa shape index (κ2) is 9.10. The Morgan fingerprint density at radius 3 is 2.89 bits per heavy atom. The molecule has 5 nitrogen and oxygen atoms in total. The summed E-state index contributed by atoms with van der Waals surface area (Å²) in [5.74, 6) is 0.765. The van der Waals surface area contributed by atoms with Gasteiger partial charge < -0.3 is 24.3 Å². The van der Waals surface area contributed by atoms with Gasteiger partial charge in [-0.1, -0.05) is 6.92 Å². The van der Waals surface area contributed by atoms with Crippen LogP contribution in [0.2, 0.25) is 0 Å². The van der Waals surface area contributed by atoms with Crippen LogP contribution in [0.3, 0.4) is 0 Å². The Balaban J connectivity index is 2.07. The summed E-state index contributed by atoms with van der Waals surface area (Å²) in [5, 5.41) is 13.0. The van der Waals surface area contributed by atoms with Gasteiger partial charge in [-0.15, -0.1) is 0 Å². The van der Waals surface area contributed by atoms with Gasteiger partial charge in [0.25, 0.3) is 0 Å². The number of hydrogen-bond acceptors (Lipinski definition) is 5. The van der Waals surface area contributed by atoms with Gasteiger partial charge in [0.2, 0.25) is 0 Å². The highest BCUT2D eigenvalue weighted by Crippen LogP contribution is 2.02. The fraction of sp³-hybridized carbons (Fsp3) is 0.692. The van der Waals surface area contributed by atoms with Crippen LogP contribution in [-0.4, -0.2) is 44.1 Å². The van der Waals surface area contributed by atoms with E-state index in [2.05, 4.69) is 12.2 Å². The van der Waals surface area contributed by atoms with E-state index in [1.54, 1.807) is 13.4 Å². The molecule has 1 rings (SSSR count). The molecule has 0 aromatic carbocycles. The lowest BCUT2D eigenvalue weighted by Crippen LogP contribution is -2.39. The molecule has 18 heavy (non-hydrogen) atoms. The average Bonchev–Trinajstić information content (AvgIpc) is 2.87. The SMILES string of the molecule is CCC(COC)NCC(O)COCc1ccco1. The molecule has 2 unspecified atom stereocenters. The monoisotopic (exact) mass is 257 g/mol. The third kappa shape index (κ3) is 6.16. The first-order valence-electron chi connectivity index (χ1n) is 6.26. The van der Waals surface area contributed by atoms with E-state index < -0.39 is 6.10 Å². The van der Waals surface area contributed by atoms with E-state index in [-0.39, 0.29) is 12.6 Å². The molecule has 0 radical (unpaired) electrons. The highest BCUT2D eigenvalue weighted by molar-refractivity contribution is 4.96. The maximum absolute atomic E-state index is 9.73. The first-order valence-corrected chi connectivity index (χ1v) is 6.26. The van der Waals surface area contributed by atoms with Crippen molar-refractivity contribution in [2.45, 2.75) is 32.1 Å². The third-order valence-electron chi connectivity index (χ3n) is 2.64. The Bertz CT molecular complexity index is 289. The third-order valence-corrected chi connectivity index (χ3v) is 2.64. The van der Waals surface area contributed by atoms with Gasteiger partial charge in [-0.3, -0.25) is 0 Å². The molecule has 2 atom stereocenters. The molecular formula is C13H23NO4. The molecule has 1 aromatic heterocycles. The molecule has 0 aliphatic heterocycles. The van der Waals surface area contributed by atoms with E-state index >= 15 is 0 Å². The quantitative estimate of drug-likeness (QED) is 0.659. The highest BCUT2D eigenvalue weighted by Gasteiger charge is 2.09. The summed E-state index contributed by atoms with van der Waals surface area (Å²) in [5.41, 5.74) is 0. The molecule has 0 bridgehead atoms. The largest absolute Gasteiger partial charge is 0.467 e. The second-order valence-corrected chi connectivity index (χ2v) is 4.22. The van der Waals surface area contributed by atoms with Crippen LogP contribution in [-0.2, 0) is 16.1 Å². The Kier molecular flexibility index (Phi) is 7.68. The highest BCUT2D eigenvalue weighted by atomic mass is 16.5. The van der Waals surface area contributed by atoms with Crippen molar-refractivity contribution >= 4 is 0 Å². The Hall–Kier alpha value is -0.880. The smallest absolute Gasteiger partial charge is 0.129 e. The Labute approximate surface area is 108 Å². The minimum absolute atomic E-state index is 0.273. The zero-order valence-electron chi connectivity index (χ0n) is 11.1. The fourth-order valence-electron chi connectivity index (χ4n) is 1.57. The van der Waals surface area contributed by atoms with Crippen LogP contribution in [0.25, 0.3) is 0 Å². The predicted octanol–water partition coefficient (Wildman–Crippen LogP) is 1.17. The molecule has 0 spiro atoms. The summed E-state index contributed by atoms with van der Waals surface area (Å²) in [6.45, 7) is 3.91. The number of methoxy groups -OCH3 is 1. The van der Waals surface area contributed by atoms with Crippen LogP contribution >= 0.6 is 0 Å². The van der Waals surface area contributed by atoms with Gasteiger partial charge in [-0.2, -0.15) is 0 Å². The van der Waals surface area contributed by atoms with Crippen LogP contribution < -0.4 is 5.32 Å². The second-order valence-electron chi connectivity index (χ2n) is 4.22. The van der Waals surface area contributed by atoms with Crippen LogP contribution in [0, 0.1) is 0 Å². The van der Waals surface area contributed by atoms with E-state index in [0.717, 1.165) is 12.2 Å². The Morgan fingerprint density at radius 1 is 1.44 bits per heavy atom. The molecule has 0 saturated heterocycles. The van der Waals surface area contributed by atoms with Crippen LogP contribution in [0.4, 0.5) is 0 Å². The number of nitrogens with one attached hydrogen (secondary N) is 1. The minimum Gasteiger partial charge on any atom is -0.467 e. The molecule has 5 heteroatoms. The van der Waals surface area contributed by atoms with E-state index in [0.29, 0.717) is 19.8 Å². The van der Waals surface area contributed by atoms with Crippen molar-refractivity contribution < 1.29 is 19.0 Å². The normalized spacial score (nSPS) is 14.6. The van der Waals surface area contributed by atoms with Crippen molar-refractivity contribution in [2.24, 2.45) is 0 Å². The molecule has 1 aromatic rings. The summed E-state index contributed by atoms with van der Waals surface area (Å²) >= 11 is 0. The van der Waals surface area contributed by atoms with Gasteiger partial charge in [-0.05, 0) is 18.6 Å². The van der Waals surface area contributed by atoms with Gasteiger partial charge >= 0.3 is 0 Å². The van der Waals surface area contributed by atoms with Crippen molar-refractivity contribution in [1.29, 1.82) is 0 Å². The number of rotatable bonds is 10. The van der Waals surface area contributed by atoms with Crippen molar-refractivity contribution in [3.8, 4) is 0 Å². The minimum atomic E-state index is -0.522. The molecule has 0 aliphatic carbocycles. The summed E-state index contributed by atoms with van der Waals surface area (Å²) in [6, 6.07) is 3.93. The van der Waals surface area contributed by atoms with Crippen molar-refractivity contribution in [3.05, 3.63) is 24.2 Å². The first kappa shape index (κ1) is 15.2. The van der Waals surface area contributed by atoms with Gasteiger partial charge in [0.1, 0.15) is 12.4 Å². The summed E-state index contributed by atoms with van der Waals surface area (Å²) < 4.78 is 15.5. The predicted molar refractivity (Wildman–Crippen MR) is 68.3 cm³/mol. The summed E-state index contributed by atoms with van der Waals surface area (Å²) in [6.07, 6.45) is 2.05. The lowest BCUT2D eigenvalue weighted by Gasteiger charge is -2.18. The van der Waals surface area contributed by atoms with Crippen LogP contribution in [0.1, 0.15) is 19.1 Å². The van der Waals surface area contributed by atoms with Gasteiger partial charge in [0, 0.05) is 19.7 Å². The van der Waals surface area contributed by atoms with E-state index in [4.69, 9.17) is 13.9 Å². The molecule has 104 valence electrons. The molecule has 0 aliphatic rings. The molecule has 0 amide bonds. The summed E-state index contributed by atoms with van der Waals surface area (Å²) in [7, 11) is 1.67. The summed E-state index contributed by atoms with van der Waals surface area (Å²) in [4.78, 5) is 0. The number of aliphatic hydroxyl groups is 1. The van der Waals surface area contributed by atoms with Crippen molar-refractivity contribution in [3.63, 3.8) is 0 Å². The molecular weight excluding hydrogens is 234 g/mol. The van der Waals surface area contributed by atoms with Gasteiger partial charge in [0.15, 0.2) is 0 Å². The zero-order chi connectivity index (χ0) is 13.2. The maximum Gasteiger partial charge on any atom is 0.129 e. The van der Waals surface area contributed by atoms with Crippen molar-refractivity contribution in [2.75, 3.05) is 26.9 Å². The van der Waals surface area contributed by atoms with Crippen LogP contribution in [0.5, 0.6) is 0 Å². The van der Waals surface area contributed by atoms with E-state index in [1.807, 2.05) is 12.1 Å². The number of furan rings is 1. The molecule has 1 heterocycles. The molecule has 2 N–H and O–H groups in total. The lowest BCUT2D eigenvalue weighted by atomic mass is 10.2. The average molecular weight is 257 g/mol. The fourth-order valence-corrected chi connectivity index (χ4v) is 1.57. The maximum atomic E-state index is 9.73. The molecule has 0 fully saturated rings. The van der Waals surface area contributed by atoms with Gasteiger partial charge in [-0.25, -0.2) is 0 Å².